The van der Waals surface area contributed by atoms with E-state index < -0.39 is 107 Å². The standard InChI is InChI=1S/C55H76N16O10/c1-33(72)71-55(21-9-3-10-22-55)53(81)70-44-29-46(74)60-23-11-8-18-39(47(56)75)65-45(73)20-13-24-61-48(76)42(27-35-30-63-38-17-7-6-16-37(35)38)68-49(77)40(19-12-25-62-54(57)58)66-50(78)41(26-34-14-4-2-5-15-34)67-51(79)43(69-52(44)80)28-36-31-59-32-64-36/h2,4-7,14-17,30-32,39-44,63H,3,8-13,18-29H2,1H3,(H2,56,75)(H,59,64)(H,60,74)(H,61,76)(H,65,73)(H,66,78)(H,67,79)(H,68,77)(H,69,80)(H,70,81)(H,71,72)(H4,57,58,62)/t39-,40-,41+,42-,43-,44-/m0/s1. The monoisotopic (exact) mass is 1120 g/mol. The molecule has 0 radical (unpaired) electrons. The molecule has 4 aromatic rings. The van der Waals surface area contributed by atoms with Crippen LogP contribution in [0.4, 0.5) is 0 Å². The number of aromatic amines is 2. The first-order valence-electron chi connectivity index (χ1n) is 27.5. The van der Waals surface area contributed by atoms with Crippen molar-refractivity contribution < 1.29 is 47.9 Å². The molecule has 2 fully saturated rings. The molecule has 0 unspecified atom stereocenters. The van der Waals surface area contributed by atoms with Crippen molar-refractivity contribution in [2.24, 2.45) is 22.2 Å². The van der Waals surface area contributed by atoms with Gasteiger partial charge in [0.05, 0.1) is 12.7 Å². The van der Waals surface area contributed by atoms with E-state index in [2.05, 4.69) is 67.8 Å². The third-order valence-electron chi connectivity index (χ3n) is 14.2. The van der Waals surface area contributed by atoms with Crippen LogP contribution in [0.3, 0.4) is 0 Å². The number of aliphatic imine (C=N–C) groups is 1. The molecule has 6 atom stereocenters. The Kier molecular flexibility index (Phi) is 23.1. The number of aromatic nitrogens is 3. The minimum Gasteiger partial charge on any atom is -0.370 e. The van der Waals surface area contributed by atoms with Crippen molar-refractivity contribution in [2.75, 3.05) is 19.6 Å². The van der Waals surface area contributed by atoms with E-state index in [4.69, 9.17) is 17.2 Å². The molecule has 2 aromatic heterocycles. The van der Waals surface area contributed by atoms with Gasteiger partial charge in [-0.15, -0.1) is 0 Å². The predicted octanol–water partition coefficient (Wildman–Crippen LogP) is -1.21. The van der Waals surface area contributed by atoms with Gasteiger partial charge in [0.1, 0.15) is 41.8 Å². The van der Waals surface area contributed by atoms with Crippen molar-refractivity contribution in [1.82, 2.24) is 62.8 Å². The van der Waals surface area contributed by atoms with E-state index in [1.54, 1.807) is 36.5 Å². The van der Waals surface area contributed by atoms with Gasteiger partial charge in [-0.2, -0.15) is 0 Å². The van der Waals surface area contributed by atoms with Crippen molar-refractivity contribution in [2.45, 2.75) is 151 Å². The van der Waals surface area contributed by atoms with Gasteiger partial charge in [-0.1, -0.05) is 67.8 Å². The maximum atomic E-state index is 14.8. The molecular weight excluding hydrogens is 1040 g/mol. The Labute approximate surface area is 468 Å². The van der Waals surface area contributed by atoms with Crippen LogP contribution < -0.4 is 65.1 Å². The molecular formula is C55H76N16O10. The van der Waals surface area contributed by atoms with Crippen LogP contribution in [0.5, 0.6) is 0 Å². The number of guanidine groups is 1. The lowest BCUT2D eigenvalue weighted by atomic mass is 9.80. The number of imidazole rings is 1. The van der Waals surface area contributed by atoms with Crippen LogP contribution in [0.1, 0.15) is 107 Å². The zero-order valence-corrected chi connectivity index (χ0v) is 45.5. The van der Waals surface area contributed by atoms with E-state index >= 15 is 0 Å². The number of hydrogen-bond donors (Lipinski definition) is 14. The molecule has 436 valence electrons. The number of nitrogens with zero attached hydrogens (tertiary/aromatic N) is 2. The van der Waals surface area contributed by atoms with E-state index in [1.165, 1.54) is 19.4 Å². The molecule has 17 N–H and O–H groups in total. The summed E-state index contributed by atoms with van der Waals surface area (Å²) < 4.78 is 0. The van der Waals surface area contributed by atoms with Gasteiger partial charge in [-0.25, -0.2) is 4.98 Å². The molecule has 3 heterocycles. The lowest BCUT2D eigenvalue weighted by Gasteiger charge is -2.37. The highest BCUT2D eigenvalue weighted by Crippen LogP contribution is 2.29. The molecule has 10 amide bonds. The van der Waals surface area contributed by atoms with Gasteiger partial charge in [0.25, 0.3) is 0 Å². The summed E-state index contributed by atoms with van der Waals surface area (Å²) in [5.74, 6) is -7.34. The third-order valence-corrected chi connectivity index (χ3v) is 14.2. The van der Waals surface area contributed by atoms with Crippen LogP contribution in [0.15, 0.2) is 78.3 Å². The first kappa shape index (κ1) is 61.4. The molecule has 0 spiro atoms. The second kappa shape index (κ2) is 30.5. The van der Waals surface area contributed by atoms with Crippen LogP contribution in [0.25, 0.3) is 10.9 Å². The second-order valence-electron chi connectivity index (χ2n) is 20.5. The fourth-order valence-electron chi connectivity index (χ4n) is 9.98. The van der Waals surface area contributed by atoms with Gasteiger partial charge in [0, 0.05) is 81.2 Å². The molecule has 26 nitrogen and oxygen atoms in total. The topological polar surface area (TPSA) is 414 Å². The number of benzene rings is 2. The lowest BCUT2D eigenvalue weighted by Crippen LogP contribution is -2.64. The average molecular weight is 1120 g/mol. The Hall–Kier alpha value is -8.84. The van der Waals surface area contributed by atoms with E-state index in [-0.39, 0.29) is 89.8 Å². The summed E-state index contributed by atoms with van der Waals surface area (Å²) in [7, 11) is 0. The molecule has 1 saturated heterocycles. The lowest BCUT2D eigenvalue weighted by molar-refractivity contribution is -0.138. The van der Waals surface area contributed by atoms with Crippen LogP contribution in [0, 0.1) is 0 Å². The number of H-pyrrole nitrogens is 2. The first-order chi connectivity index (χ1) is 38.9. The van der Waals surface area contributed by atoms with Crippen molar-refractivity contribution in [3.63, 3.8) is 0 Å². The van der Waals surface area contributed by atoms with Crippen molar-refractivity contribution in [1.29, 1.82) is 0 Å². The summed E-state index contributed by atoms with van der Waals surface area (Å²) in [4.78, 5) is 153. The SMILES string of the molecule is CC(=O)NC1(C(=O)N[C@H]2CC(=O)NCCCC[C@@H](C(N)=O)NC(=O)CCCNC(=O)[C@H](Cc3c[nH]c4ccccc34)NC(=O)[C@H](CCCN=C(N)N)NC(=O)[C@@H](Cc3ccccc3)NC(=O)[C@H](Cc3cnc[nH]3)NC2=O)CCCCC1. The zero-order valence-electron chi connectivity index (χ0n) is 45.5. The third kappa shape index (κ3) is 19.2. The van der Waals surface area contributed by atoms with Gasteiger partial charge < -0.3 is 75.0 Å². The minimum absolute atomic E-state index is 0.00243. The average Bonchev–Trinajstić information content (AvgIpc) is 4.13. The number of nitrogens with one attached hydrogen (secondary N) is 11. The van der Waals surface area contributed by atoms with E-state index in [9.17, 15) is 47.9 Å². The van der Waals surface area contributed by atoms with Gasteiger partial charge in [0.15, 0.2) is 5.96 Å². The number of amides is 10. The van der Waals surface area contributed by atoms with Gasteiger partial charge in [0.2, 0.25) is 59.1 Å². The number of primary amides is 1. The van der Waals surface area contributed by atoms with Crippen LogP contribution >= 0.6 is 0 Å². The number of para-hydroxylation sites is 1. The number of fused-ring (bicyclic) bond motifs is 1. The normalized spacial score (nSPS) is 22.6. The minimum atomic E-state index is -1.60. The van der Waals surface area contributed by atoms with Gasteiger partial charge in [-0.05, 0) is 68.6 Å². The van der Waals surface area contributed by atoms with E-state index in [0.29, 0.717) is 42.5 Å². The Bertz CT molecular complexity index is 2850. The number of nitrogens with two attached hydrogens (primary N) is 3. The molecule has 1 saturated carbocycles. The number of rotatable bonds is 14. The highest BCUT2D eigenvalue weighted by Gasteiger charge is 2.43. The maximum Gasteiger partial charge on any atom is 0.246 e. The summed E-state index contributed by atoms with van der Waals surface area (Å²) in [5, 5.41) is 25.5. The fourth-order valence-corrected chi connectivity index (χ4v) is 9.98. The molecule has 1 aliphatic heterocycles. The Morgan fingerprint density at radius 3 is 2.02 bits per heavy atom. The van der Waals surface area contributed by atoms with Crippen LogP contribution in [0.2, 0.25) is 0 Å². The van der Waals surface area contributed by atoms with Crippen LogP contribution in [-0.4, -0.2) is 141 Å². The second-order valence-corrected chi connectivity index (χ2v) is 20.5. The van der Waals surface area contributed by atoms with Crippen molar-refractivity contribution >= 4 is 75.9 Å². The summed E-state index contributed by atoms with van der Waals surface area (Å²) in [6.07, 6.45) is 7.01. The first-order valence-corrected chi connectivity index (χ1v) is 27.5. The van der Waals surface area contributed by atoms with Crippen molar-refractivity contribution in [3.05, 3.63) is 90.1 Å². The van der Waals surface area contributed by atoms with E-state index in [1.807, 2.05) is 24.3 Å². The molecule has 2 aliphatic rings. The molecule has 81 heavy (non-hydrogen) atoms. The maximum absolute atomic E-state index is 14.8. The number of hydrogen-bond acceptors (Lipinski definition) is 12. The van der Waals surface area contributed by atoms with Crippen molar-refractivity contribution in [3.8, 4) is 0 Å². The smallest absolute Gasteiger partial charge is 0.246 e. The Balaban J connectivity index is 1.35. The quantitative estimate of drug-likeness (QED) is 0.0401. The summed E-state index contributed by atoms with van der Waals surface area (Å²) in [6.45, 7) is 1.39. The number of carbonyl (C=O) groups excluding carboxylic acids is 10. The Morgan fingerprint density at radius 2 is 1.33 bits per heavy atom. The highest BCUT2D eigenvalue weighted by atomic mass is 16.2. The van der Waals surface area contributed by atoms with Gasteiger partial charge in [-0.3, -0.25) is 52.9 Å². The van der Waals surface area contributed by atoms with Crippen LogP contribution in [-0.2, 0) is 67.2 Å². The molecule has 26 heteroatoms. The molecule has 6 rings (SSSR count). The molecule has 2 aromatic carbocycles. The number of carbonyl (C=O) groups is 10. The summed E-state index contributed by atoms with van der Waals surface area (Å²) >= 11 is 0. The zero-order chi connectivity index (χ0) is 58.3. The largest absolute Gasteiger partial charge is 0.370 e. The molecule has 1 aliphatic carbocycles. The fraction of sp³-hybridized carbons (Fsp3) is 0.491. The summed E-state index contributed by atoms with van der Waals surface area (Å²) in [6, 6.07) is 7.97. The Morgan fingerprint density at radius 1 is 0.679 bits per heavy atom. The molecule has 0 bridgehead atoms. The van der Waals surface area contributed by atoms with E-state index in [0.717, 1.165) is 17.3 Å². The highest BCUT2D eigenvalue weighted by molar-refractivity contribution is 5.99. The summed E-state index contributed by atoms with van der Waals surface area (Å²) in [5.41, 5.74) is 18.0. The predicted molar refractivity (Wildman–Crippen MR) is 298 cm³/mol. The van der Waals surface area contributed by atoms with Gasteiger partial charge >= 0.3 is 0 Å².